The molecule has 3 nitrogen and oxygen atoms in total. The molecule has 2 unspecified atom stereocenters. The Bertz CT molecular complexity index is 500. The largest absolute Gasteiger partial charge is 0.396 e. The zero-order valence-corrected chi connectivity index (χ0v) is 9.68. The van der Waals surface area contributed by atoms with E-state index in [-0.39, 0.29) is 12.5 Å². The highest BCUT2D eigenvalue weighted by Crippen LogP contribution is 2.19. The van der Waals surface area contributed by atoms with Gasteiger partial charge < -0.3 is 10.8 Å². The molecule has 0 bridgehead atoms. The van der Waals surface area contributed by atoms with Gasteiger partial charge in [0.15, 0.2) is 11.6 Å². The molecule has 1 aromatic carbocycles. The summed E-state index contributed by atoms with van der Waals surface area (Å²) in [6.45, 7) is 0.493. The van der Waals surface area contributed by atoms with Gasteiger partial charge >= 0.3 is 0 Å². The lowest BCUT2D eigenvalue weighted by Crippen LogP contribution is -2.24. The molecule has 0 saturated carbocycles. The number of nitrogens with two attached hydrogens (primary N) is 1. The fraction of sp³-hybridized carbons (Fsp3) is 0.308. The Balaban J connectivity index is 2.17. The van der Waals surface area contributed by atoms with Crippen LogP contribution >= 0.6 is 0 Å². The number of dihydropyridines is 1. The van der Waals surface area contributed by atoms with Crippen molar-refractivity contribution in [3.8, 4) is 0 Å². The molecule has 0 spiro atoms. The molecule has 0 aliphatic carbocycles. The van der Waals surface area contributed by atoms with Crippen molar-refractivity contribution in [2.24, 2.45) is 16.6 Å². The molecule has 2 rings (SSSR count). The van der Waals surface area contributed by atoms with Crippen LogP contribution in [0.1, 0.15) is 11.6 Å². The van der Waals surface area contributed by atoms with Crippen LogP contribution in [0.25, 0.3) is 0 Å². The molecule has 2 atom stereocenters. The van der Waals surface area contributed by atoms with Gasteiger partial charge in [-0.05, 0) is 23.8 Å². The molecule has 0 radical (unpaired) electrons. The van der Waals surface area contributed by atoms with Crippen LogP contribution in [0.2, 0.25) is 0 Å². The molecule has 0 saturated heterocycles. The molecule has 0 aromatic heterocycles. The zero-order chi connectivity index (χ0) is 13.1. The average Bonchev–Trinajstić information content (AvgIpc) is 2.41. The lowest BCUT2D eigenvalue weighted by molar-refractivity contribution is 0.255. The van der Waals surface area contributed by atoms with E-state index in [1.807, 2.05) is 6.08 Å². The summed E-state index contributed by atoms with van der Waals surface area (Å²) in [4.78, 5) is 4.24. The molecule has 18 heavy (non-hydrogen) atoms. The minimum Gasteiger partial charge on any atom is -0.396 e. The predicted molar refractivity (Wildman–Crippen MR) is 65.3 cm³/mol. The molecule has 1 aromatic rings. The number of halogens is 2. The SMILES string of the molecule is NC(C1=NCC(CO)C=C1)c1ccc(F)c(F)c1. The number of aliphatic imine (C=N–C) groups is 1. The van der Waals surface area contributed by atoms with Crippen molar-refractivity contribution in [1.82, 2.24) is 0 Å². The predicted octanol–water partition coefficient (Wildman–Crippen LogP) is 1.58. The van der Waals surface area contributed by atoms with Crippen molar-refractivity contribution < 1.29 is 13.9 Å². The molecule has 1 aliphatic heterocycles. The fourth-order valence-corrected chi connectivity index (χ4v) is 1.77. The van der Waals surface area contributed by atoms with Gasteiger partial charge in [-0.1, -0.05) is 12.1 Å². The quantitative estimate of drug-likeness (QED) is 0.858. The van der Waals surface area contributed by atoms with E-state index >= 15 is 0 Å². The minimum atomic E-state index is -0.920. The molecule has 1 aliphatic rings. The van der Waals surface area contributed by atoms with E-state index in [9.17, 15) is 8.78 Å². The summed E-state index contributed by atoms with van der Waals surface area (Å²) in [5.74, 6) is -1.81. The smallest absolute Gasteiger partial charge is 0.159 e. The van der Waals surface area contributed by atoms with E-state index in [1.54, 1.807) is 6.08 Å². The van der Waals surface area contributed by atoms with Crippen molar-refractivity contribution in [3.63, 3.8) is 0 Å². The van der Waals surface area contributed by atoms with Gasteiger partial charge in [-0.3, -0.25) is 4.99 Å². The number of nitrogens with zero attached hydrogens (tertiary/aromatic N) is 1. The van der Waals surface area contributed by atoms with Gasteiger partial charge in [0.25, 0.3) is 0 Å². The van der Waals surface area contributed by atoms with Crippen molar-refractivity contribution >= 4 is 5.71 Å². The topological polar surface area (TPSA) is 58.6 Å². The molecule has 0 fully saturated rings. The van der Waals surface area contributed by atoms with Crippen LogP contribution in [0.5, 0.6) is 0 Å². The van der Waals surface area contributed by atoms with Crippen LogP contribution in [-0.4, -0.2) is 24.0 Å². The van der Waals surface area contributed by atoms with Crippen LogP contribution in [0.15, 0.2) is 35.3 Å². The van der Waals surface area contributed by atoms with E-state index in [1.165, 1.54) is 6.07 Å². The van der Waals surface area contributed by atoms with Crippen LogP contribution in [-0.2, 0) is 0 Å². The Morgan fingerprint density at radius 1 is 1.39 bits per heavy atom. The second kappa shape index (κ2) is 5.37. The number of aliphatic hydroxyl groups excluding tert-OH is 1. The number of benzene rings is 1. The van der Waals surface area contributed by atoms with Gasteiger partial charge in [-0.2, -0.15) is 0 Å². The maximum absolute atomic E-state index is 13.1. The molecular weight excluding hydrogens is 238 g/mol. The van der Waals surface area contributed by atoms with E-state index in [0.29, 0.717) is 17.8 Å². The molecule has 96 valence electrons. The zero-order valence-electron chi connectivity index (χ0n) is 9.68. The van der Waals surface area contributed by atoms with Crippen molar-refractivity contribution in [2.45, 2.75) is 6.04 Å². The first kappa shape index (κ1) is 12.9. The maximum Gasteiger partial charge on any atom is 0.159 e. The number of hydrogen-bond acceptors (Lipinski definition) is 3. The lowest BCUT2D eigenvalue weighted by atomic mass is 9.98. The first-order valence-corrected chi connectivity index (χ1v) is 5.65. The molecular formula is C13H14F2N2O. The Labute approximate surface area is 104 Å². The van der Waals surface area contributed by atoms with Gasteiger partial charge in [0.2, 0.25) is 0 Å². The minimum absolute atomic E-state index is 0.00547. The van der Waals surface area contributed by atoms with Gasteiger partial charge in [0, 0.05) is 12.5 Å². The standard InChI is InChI=1S/C13H14F2N2O/c14-10-3-2-9(5-11(10)15)13(16)12-4-1-8(7-18)6-17-12/h1-5,8,13,18H,6-7,16H2. The third kappa shape index (κ3) is 2.63. The second-order valence-corrected chi connectivity index (χ2v) is 4.22. The number of hydrogen-bond donors (Lipinski definition) is 2. The van der Waals surface area contributed by atoms with E-state index in [0.717, 1.165) is 12.1 Å². The summed E-state index contributed by atoms with van der Waals surface area (Å²) < 4.78 is 25.9. The van der Waals surface area contributed by atoms with Gasteiger partial charge in [-0.25, -0.2) is 8.78 Å². The molecule has 5 heteroatoms. The normalized spacial score (nSPS) is 20.7. The van der Waals surface area contributed by atoms with Crippen LogP contribution in [0.3, 0.4) is 0 Å². The maximum atomic E-state index is 13.1. The van der Waals surface area contributed by atoms with Crippen molar-refractivity contribution in [3.05, 3.63) is 47.5 Å². The summed E-state index contributed by atoms with van der Waals surface area (Å²) in [7, 11) is 0. The van der Waals surface area contributed by atoms with Crippen molar-refractivity contribution in [2.75, 3.05) is 13.2 Å². The number of aliphatic hydroxyl groups is 1. The first-order valence-electron chi connectivity index (χ1n) is 5.65. The fourth-order valence-electron chi connectivity index (χ4n) is 1.77. The Morgan fingerprint density at radius 3 is 2.72 bits per heavy atom. The third-order valence-corrected chi connectivity index (χ3v) is 2.90. The average molecular weight is 252 g/mol. The molecule has 3 N–H and O–H groups in total. The van der Waals surface area contributed by atoms with Crippen LogP contribution < -0.4 is 5.73 Å². The van der Waals surface area contributed by atoms with E-state index in [2.05, 4.69) is 4.99 Å². The van der Waals surface area contributed by atoms with Crippen LogP contribution in [0, 0.1) is 17.6 Å². The first-order chi connectivity index (χ1) is 8.61. The molecule has 1 heterocycles. The van der Waals surface area contributed by atoms with Gasteiger partial charge in [0.05, 0.1) is 18.4 Å². The monoisotopic (exact) mass is 252 g/mol. The summed E-state index contributed by atoms with van der Waals surface area (Å²) >= 11 is 0. The summed E-state index contributed by atoms with van der Waals surface area (Å²) in [6, 6.07) is 2.98. The lowest BCUT2D eigenvalue weighted by Gasteiger charge is -2.18. The Morgan fingerprint density at radius 2 is 2.17 bits per heavy atom. The third-order valence-electron chi connectivity index (χ3n) is 2.90. The summed E-state index contributed by atoms with van der Waals surface area (Å²) in [5.41, 5.74) is 7.02. The van der Waals surface area contributed by atoms with Crippen LogP contribution in [0.4, 0.5) is 8.78 Å². The van der Waals surface area contributed by atoms with Crippen molar-refractivity contribution in [1.29, 1.82) is 0 Å². The Hall–Kier alpha value is -1.59. The van der Waals surface area contributed by atoms with E-state index in [4.69, 9.17) is 10.8 Å². The summed E-state index contributed by atoms with van der Waals surface area (Å²) in [5, 5.41) is 8.96. The summed E-state index contributed by atoms with van der Waals surface area (Å²) in [6.07, 6.45) is 3.54. The number of rotatable bonds is 3. The van der Waals surface area contributed by atoms with Gasteiger partial charge in [0.1, 0.15) is 0 Å². The Kier molecular flexibility index (Phi) is 3.84. The van der Waals surface area contributed by atoms with Gasteiger partial charge in [-0.15, -0.1) is 0 Å². The highest BCUT2D eigenvalue weighted by Gasteiger charge is 2.17. The highest BCUT2D eigenvalue weighted by atomic mass is 19.2. The van der Waals surface area contributed by atoms with E-state index < -0.39 is 17.7 Å². The highest BCUT2D eigenvalue weighted by molar-refractivity contribution is 6.00. The second-order valence-electron chi connectivity index (χ2n) is 4.22. The molecule has 0 amide bonds.